The van der Waals surface area contributed by atoms with Gasteiger partial charge in [0.2, 0.25) is 12.3 Å². The number of phenolic OH excluding ortho intramolecular Hbond substituents is 3. The van der Waals surface area contributed by atoms with Crippen molar-refractivity contribution in [3.8, 4) is 17.2 Å². The van der Waals surface area contributed by atoms with Gasteiger partial charge in [-0.3, -0.25) is 23.2 Å². The molecule has 0 radical (unpaired) electrons. The molecular weight excluding hydrogens is 1040 g/mol. The lowest BCUT2D eigenvalue weighted by atomic mass is 10.1. The molecule has 0 heterocycles. The fourth-order valence-electron chi connectivity index (χ4n) is 6.89. The van der Waals surface area contributed by atoms with E-state index in [2.05, 4.69) is 28.8 Å². The SMILES string of the molecule is C/C=C/c1ccccc1.Nc1c(S(=O)(=O)O)cc2cc(NC(=O)/C=C/c3ccccc3)ccc2c1O.Nc1c(S(=O)(=O)O)cc2cc(NC=O)ccc2c1O.Nc1ccc(/C=C/c2ccc(N)cc2S(=O)(=O)O)c(O)c1. The summed E-state index contributed by atoms with van der Waals surface area (Å²) in [6.45, 7) is 2.02. The Morgan fingerprint density at radius 3 is 1.42 bits per heavy atom. The Morgan fingerprint density at radius 1 is 0.500 bits per heavy atom. The number of nitrogen functional groups attached to an aromatic ring is 4. The topological polar surface area (TPSA) is 386 Å². The van der Waals surface area contributed by atoms with Gasteiger partial charge in [0.05, 0.1) is 11.4 Å². The number of carbonyl (C=O) groups is 2. The summed E-state index contributed by atoms with van der Waals surface area (Å²) in [5.74, 6) is -1.31. The molecule has 0 aliphatic carbocycles. The minimum Gasteiger partial charge on any atom is -0.507 e. The van der Waals surface area contributed by atoms with E-state index in [0.717, 1.165) is 23.8 Å². The maximum atomic E-state index is 12.1. The average Bonchev–Trinajstić information content (AvgIpc) is 3.36. The van der Waals surface area contributed by atoms with Gasteiger partial charge in [0.1, 0.15) is 31.9 Å². The van der Waals surface area contributed by atoms with Crippen molar-refractivity contribution in [1.29, 1.82) is 0 Å². The molecule has 0 aromatic heterocycles. The number of aromatic hydroxyl groups is 3. The first-order chi connectivity index (χ1) is 35.8. The van der Waals surface area contributed by atoms with E-state index in [4.69, 9.17) is 27.5 Å². The number of anilines is 6. The molecule has 76 heavy (non-hydrogen) atoms. The summed E-state index contributed by atoms with van der Waals surface area (Å²) in [5.41, 5.74) is 25.5. The molecule has 0 spiro atoms. The Hall–Kier alpha value is -9.23. The van der Waals surface area contributed by atoms with Crippen molar-refractivity contribution in [3.05, 3.63) is 180 Å². The van der Waals surface area contributed by atoms with Crippen molar-refractivity contribution in [2.75, 3.05) is 33.6 Å². The molecule has 23 heteroatoms. The van der Waals surface area contributed by atoms with E-state index in [1.807, 2.05) is 61.5 Å². The Labute approximate surface area is 436 Å². The van der Waals surface area contributed by atoms with Crippen LogP contribution < -0.4 is 33.6 Å². The van der Waals surface area contributed by atoms with Gasteiger partial charge in [0.25, 0.3) is 30.4 Å². The molecule has 0 fully saturated rings. The van der Waals surface area contributed by atoms with E-state index in [9.17, 15) is 59.3 Å². The van der Waals surface area contributed by atoms with Gasteiger partial charge in [0, 0.05) is 51.2 Å². The summed E-state index contributed by atoms with van der Waals surface area (Å²) in [7, 11) is -13.5. The van der Waals surface area contributed by atoms with E-state index in [1.165, 1.54) is 72.3 Å². The van der Waals surface area contributed by atoms with Crippen molar-refractivity contribution < 1.29 is 63.8 Å². The van der Waals surface area contributed by atoms with Crippen LogP contribution in [0.25, 0.3) is 45.8 Å². The third-order valence-electron chi connectivity index (χ3n) is 10.5. The molecule has 0 aliphatic rings. The van der Waals surface area contributed by atoms with E-state index < -0.39 is 63.0 Å². The molecule has 394 valence electrons. The van der Waals surface area contributed by atoms with E-state index in [0.29, 0.717) is 45.2 Å². The zero-order valence-corrected chi connectivity index (χ0v) is 42.3. The summed E-state index contributed by atoms with van der Waals surface area (Å²) >= 11 is 0. The number of hydrogen-bond donors (Lipinski definition) is 12. The maximum Gasteiger partial charge on any atom is 0.296 e. The number of fused-ring (bicyclic) bond motifs is 2. The van der Waals surface area contributed by atoms with Gasteiger partial charge in [-0.05, 0) is 113 Å². The van der Waals surface area contributed by atoms with Crippen LogP contribution in [0, 0.1) is 0 Å². The lowest BCUT2D eigenvalue weighted by molar-refractivity contribution is -0.112. The number of amides is 2. The van der Waals surface area contributed by atoms with Gasteiger partial charge in [-0.15, -0.1) is 0 Å². The summed E-state index contributed by atoms with van der Waals surface area (Å²) in [4.78, 5) is 20.9. The lowest BCUT2D eigenvalue weighted by Crippen LogP contribution is -2.08. The van der Waals surface area contributed by atoms with Crippen LogP contribution in [0.1, 0.15) is 29.2 Å². The predicted molar refractivity (Wildman–Crippen MR) is 297 cm³/mol. The number of hydrogen-bond acceptors (Lipinski definition) is 15. The van der Waals surface area contributed by atoms with Crippen LogP contribution in [0.15, 0.2) is 172 Å². The number of nitrogens with two attached hydrogens (primary N) is 4. The second-order valence-corrected chi connectivity index (χ2v) is 20.1. The van der Waals surface area contributed by atoms with Crippen LogP contribution >= 0.6 is 0 Å². The van der Waals surface area contributed by atoms with E-state index in [-0.39, 0.29) is 33.2 Å². The summed E-state index contributed by atoms with van der Waals surface area (Å²) in [6.07, 6.45) is 10.6. The zero-order chi connectivity index (χ0) is 56.0. The Morgan fingerprint density at radius 2 is 0.947 bits per heavy atom. The van der Waals surface area contributed by atoms with Gasteiger partial charge in [-0.2, -0.15) is 25.3 Å². The number of phenols is 3. The molecule has 0 bridgehead atoms. The first-order valence-corrected chi connectivity index (χ1v) is 26.2. The molecule has 16 N–H and O–H groups in total. The van der Waals surface area contributed by atoms with Crippen LogP contribution in [0.5, 0.6) is 17.2 Å². The van der Waals surface area contributed by atoms with Gasteiger partial charge in [0.15, 0.2) is 0 Å². The Balaban J connectivity index is 0.000000197. The number of allylic oxidation sites excluding steroid dienone is 1. The maximum absolute atomic E-state index is 12.1. The number of nitrogens with one attached hydrogen (secondary N) is 2. The minimum absolute atomic E-state index is 0.0323. The molecule has 0 atom stereocenters. The van der Waals surface area contributed by atoms with Crippen LogP contribution in [0.3, 0.4) is 0 Å². The van der Waals surface area contributed by atoms with Crippen molar-refractivity contribution >= 4 is 123 Å². The second-order valence-electron chi connectivity index (χ2n) is 15.9. The highest BCUT2D eigenvalue weighted by Gasteiger charge is 2.21. The van der Waals surface area contributed by atoms with E-state index in [1.54, 1.807) is 24.3 Å². The first-order valence-electron chi connectivity index (χ1n) is 21.9. The average molecular weight is 1090 g/mol. The molecule has 0 unspecified atom stereocenters. The molecule has 0 saturated carbocycles. The fraction of sp³-hybridized carbons (Fsp3) is 0.0189. The summed E-state index contributed by atoms with van der Waals surface area (Å²) in [5, 5.41) is 35.9. The standard InChI is InChI=1S/C19H16N2O5S.C14H14N2O4S.C11H10N2O5S.C9H10/c20-18-16(27(24,25)26)11-13-10-14(7-8-15(13)19(18)23)21-17(22)9-6-12-4-2-1-3-5-12;15-11-5-3-9(13(17)7-11)1-2-10-4-6-12(16)8-14(10)21(18,19)20;12-10-9(19(16,17)18)4-6-3-7(13-5-14)1-2-8(6)11(10)15;1-2-6-9-7-4-3-5-8-9/h1-11,23H,20H2,(H,21,22)(H,24,25,26);1-8,17H,15-16H2,(H,18,19,20);1-5,15H,12H2,(H,13,14)(H,16,17,18);2-8H,1H3/b9-6+;2-1+;;6-2+. The molecule has 8 aromatic carbocycles. The van der Waals surface area contributed by atoms with Gasteiger partial charge < -0.3 is 48.9 Å². The molecule has 8 aromatic rings. The van der Waals surface area contributed by atoms with Crippen LogP contribution in [0.2, 0.25) is 0 Å². The van der Waals surface area contributed by atoms with Crippen LogP contribution in [-0.2, 0) is 39.9 Å². The first kappa shape index (κ1) is 57.7. The quantitative estimate of drug-likeness (QED) is 0.0144. The van der Waals surface area contributed by atoms with Crippen LogP contribution in [0.4, 0.5) is 34.1 Å². The molecule has 20 nitrogen and oxygen atoms in total. The van der Waals surface area contributed by atoms with Crippen molar-refractivity contribution in [2.45, 2.75) is 21.6 Å². The van der Waals surface area contributed by atoms with Gasteiger partial charge in [-0.25, -0.2) is 0 Å². The predicted octanol–water partition coefficient (Wildman–Crippen LogP) is 8.66. The number of rotatable bonds is 11. The van der Waals surface area contributed by atoms with Crippen molar-refractivity contribution in [2.24, 2.45) is 0 Å². The Kier molecular flexibility index (Phi) is 19.1. The minimum atomic E-state index is -4.61. The van der Waals surface area contributed by atoms with Crippen LogP contribution in [-0.4, -0.2) is 66.5 Å². The molecule has 2 amide bonds. The monoisotopic (exact) mass is 1090 g/mol. The lowest BCUT2D eigenvalue weighted by Gasteiger charge is -2.10. The summed E-state index contributed by atoms with van der Waals surface area (Å²) in [6, 6.07) is 39.4. The normalized spacial score (nSPS) is 11.5. The molecular formula is C53H50N6O14S3. The molecule has 0 saturated heterocycles. The second kappa shape index (κ2) is 25.1. The number of carbonyl (C=O) groups excluding carboxylic acids is 2. The largest absolute Gasteiger partial charge is 0.507 e. The molecule has 0 aliphatic heterocycles. The Bertz CT molecular complexity index is 3880. The summed E-state index contributed by atoms with van der Waals surface area (Å²) < 4.78 is 95.3. The molecule has 8 rings (SSSR count). The highest BCUT2D eigenvalue weighted by Crippen LogP contribution is 2.39. The number of benzene rings is 8. The van der Waals surface area contributed by atoms with Gasteiger partial charge >= 0.3 is 0 Å². The zero-order valence-electron chi connectivity index (χ0n) is 39.9. The highest BCUT2D eigenvalue weighted by molar-refractivity contribution is 7.86. The smallest absolute Gasteiger partial charge is 0.296 e. The van der Waals surface area contributed by atoms with Gasteiger partial charge in [-0.1, -0.05) is 91.0 Å². The third-order valence-corrected chi connectivity index (χ3v) is 13.2. The third kappa shape index (κ3) is 15.9. The van der Waals surface area contributed by atoms with E-state index >= 15 is 0 Å². The van der Waals surface area contributed by atoms with Crippen molar-refractivity contribution in [3.63, 3.8) is 0 Å². The highest BCUT2D eigenvalue weighted by atomic mass is 32.2. The van der Waals surface area contributed by atoms with Crippen molar-refractivity contribution in [1.82, 2.24) is 0 Å². The fourth-order valence-corrected chi connectivity index (χ4v) is 8.91.